The van der Waals surface area contributed by atoms with E-state index in [-0.39, 0.29) is 6.61 Å². The number of hydrogen-bond donors (Lipinski definition) is 2. The fourth-order valence-electron chi connectivity index (χ4n) is 1.67. The van der Waals surface area contributed by atoms with Crippen LogP contribution in [0.1, 0.15) is 5.56 Å². The van der Waals surface area contributed by atoms with E-state index in [0.29, 0.717) is 12.3 Å². The van der Waals surface area contributed by atoms with E-state index in [9.17, 15) is 5.11 Å². The molecule has 2 rings (SSSR count). The molecule has 0 aliphatic rings. The first kappa shape index (κ1) is 9.09. The van der Waals surface area contributed by atoms with E-state index >= 15 is 0 Å². The predicted octanol–water partition coefficient (Wildman–Crippen LogP) is 1.65. The second kappa shape index (κ2) is 3.35. The summed E-state index contributed by atoms with van der Waals surface area (Å²) >= 11 is 0. The first-order valence-electron chi connectivity index (χ1n) is 4.62. The van der Waals surface area contributed by atoms with Gasteiger partial charge in [0.1, 0.15) is 5.75 Å². The van der Waals surface area contributed by atoms with Crippen LogP contribution in [0.2, 0.25) is 0 Å². The van der Waals surface area contributed by atoms with Crippen molar-refractivity contribution in [3.05, 3.63) is 30.0 Å². The van der Waals surface area contributed by atoms with Crippen molar-refractivity contribution in [3.8, 4) is 5.75 Å². The molecule has 0 saturated carbocycles. The third-order valence-corrected chi connectivity index (χ3v) is 2.47. The summed E-state index contributed by atoms with van der Waals surface area (Å²) in [5.41, 5.74) is 1.83. The standard InChI is InChI=1S/C11H13NO2/c1-8-2-3-10-9(11(8)14)4-5-12(10)6-7-13/h2-5,13-14H,6-7H2,1H3. The number of benzene rings is 1. The van der Waals surface area contributed by atoms with Crippen LogP contribution >= 0.6 is 0 Å². The minimum atomic E-state index is 0.110. The lowest BCUT2D eigenvalue weighted by Crippen LogP contribution is -1.99. The van der Waals surface area contributed by atoms with Crippen molar-refractivity contribution >= 4 is 10.9 Å². The summed E-state index contributed by atoms with van der Waals surface area (Å²) in [6.07, 6.45) is 1.88. The van der Waals surface area contributed by atoms with Gasteiger partial charge >= 0.3 is 0 Å². The highest BCUT2D eigenvalue weighted by atomic mass is 16.3. The molecule has 0 amide bonds. The van der Waals surface area contributed by atoms with Gasteiger partial charge in [-0.15, -0.1) is 0 Å². The highest BCUT2D eigenvalue weighted by Gasteiger charge is 2.06. The summed E-state index contributed by atoms with van der Waals surface area (Å²) in [5, 5.41) is 19.4. The van der Waals surface area contributed by atoms with E-state index in [1.54, 1.807) is 0 Å². The number of aliphatic hydroxyl groups excluding tert-OH is 1. The van der Waals surface area contributed by atoms with Crippen LogP contribution in [0, 0.1) is 6.92 Å². The third kappa shape index (κ3) is 1.26. The van der Waals surface area contributed by atoms with Gasteiger partial charge in [0.15, 0.2) is 0 Å². The first-order chi connectivity index (χ1) is 6.74. The smallest absolute Gasteiger partial charge is 0.127 e. The zero-order valence-corrected chi connectivity index (χ0v) is 8.07. The number of aromatic nitrogens is 1. The van der Waals surface area contributed by atoms with Crippen molar-refractivity contribution in [2.75, 3.05) is 6.61 Å². The quantitative estimate of drug-likeness (QED) is 0.758. The zero-order chi connectivity index (χ0) is 10.1. The van der Waals surface area contributed by atoms with Crippen LogP contribution in [0.25, 0.3) is 10.9 Å². The Morgan fingerprint density at radius 2 is 2.07 bits per heavy atom. The van der Waals surface area contributed by atoms with Gasteiger partial charge in [-0.25, -0.2) is 0 Å². The van der Waals surface area contributed by atoms with E-state index in [2.05, 4.69) is 0 Å². The molecule has 1 aromatic heterocycles. The molecule has 1 aromatic carbocycles. The molecule has 0 fully saturated rings. The Morgan fingerprint density at radius 1 is 1.29 bits per heavy atom. The number of hydrogen-bond acceptors (Lipinski definition) is 2. The zero-order valence-electron chi connectivity index (χ0n) is 8.07. The van der Waals surface area contributed by atoms with E-state index in [4.69, 9.17) is 5.11 Å². The molecule has 0 unspecified atom stereocenters. The number of rotatable bonds is 2. The SMILES string of the molecule is Cc1ccc2c(ccn2CCO)c1O. The number of aliphatic hydroxyl groups is 1. The van der Waals surface area contributed by atoms with Crippen LogP contribution in [0.15, 0.2) is 24.4 Å². The molecule has 0 atom stereocenters. The van der Waals surface area contributed by atoms with Crippen LogP contribution in [0.4, 0.5) is 0 Å². The van der Waals surface area contributed by atoms with Gasteiger partial charge in [0.05, 0.1) is 12.1 Å². The molecule has 0 radical (unpaired) electrons. The number of aryl methyl sites for hydroxylation is 1. The lowest BCUT2D eigenvalue weighted by atomic mass is 10.1. The van der Waals surface area contributed by atoms with Crippen molar-refractivity contribution in [2.24, 2.45) is 0 Å². The Hall–Kier alpha value is -1.48. The van der Waals surface area contributed by atoms with E-state index in [1.807, 2.05) is 35.9 Å². The molecule has 1 heterocycles. The molecule has 0 bridgehead atoms. The molecule has 3 heteroatoms. The van der Waals surface area contributed by atoms with Crippen molar-refractivity contribution in [1.82, 2.24) is 4.57 Å². The number of aromatic hydroxyl groups is 1. The molecular formula is C11H13NO2. The molecule has 2 N–H and O–H groups in total. The van der Waals surface area contributed by atoms with Crippen LogP contribution in [-0.2, 0) is 6.54 Å². The maximum absolute atomic E-state index is 9.76. The van der Waals surface area contributed by atoms with Crippen molar-refractivity contribution in [2.45, 2.75) is 13.5 Å². The summed E-state index contributed by atoms with van der Waals surface area (Å²) in [6, 6.07) is 5.71. The summed E-state index contributed by atoms with van der Waals surface area (Å²) in [5.74, 6) is 0.333. The Labute approximate surface area is 82.2 Å². The summed E-state index contributed by atoms with van der Waals surface area (Å²) in [4.78, 5) is 0. The predicted molar refractivity (Wildman–Crippen MR) is 55.4 cm³/mol. The normalized spacial score (nSPS) is 11.0. The Kier molecular flexibility index (Phi) is 2.17. The molecule has 0 aliphatic carbocycles. The highest BCUT2D eigenvalue weighted by Crippen LogP contribution is 2.28. The maximum Gasteiger partial charge on any atom is 0.127 e. The molecule has 2 aromatic rings. The minimum Gasteiger partial charge on any atom is -0.507 e. The van der Waals surface area contributed by atoms with Crippen molar-refractivity contribution in [3.63, 3.8) is 0 Å². The first-order valence-corrected chi connectivity index (χ1v) is 4.62. The summed E-state index contributed by atoms with van der Waals surface area (Å²) < 4.78 is 1.93. The van der Waals surface area contributed by atoms with Crippen LogP contribution in [0.5, 0.6) is 5.75 Å². The lowest BCUT2D eigenvalue weighted by molar-refractivity contribution is 0.278. The second-order valence-corrected chi connectivity index (χ2v) is 3.40. The topological polar surface area (TPSA) is 45.4 Å². The van der Waals surface area contributed by atoms with Gasteiger partial charge in [-0.05, 0) is 24.6 Å². The molecule has 3 nitrogen and oxygen atoms in total. The number of fused-ring (bicyclic) bond motifs is 1. The summed E-state index contributed by atoms with van der Waals surface area (Å²) in [6.45, 7) is 2.54. The van der Waals surface area contributed by atoms with Gasteiger partial charge in [0, 0.05) is 18.1 Å². The second-order valence-electron chi connectivity index (χ2n) is 3.40. The van der Waals surface area contributed by atoms with Crippen molar-refractivity contribution in [1.29, 1.82) is 0 Å². The largest absolute Gasteiger partial charge is 0.507 e. The van der Waals surface area contributed by atoms with Crippen LogP contribution in [-0.4, -0.2) is 21.4 Å². The highest BCUT2D eigenvalue weighted by molar-refractivity contribution is 5.87. The molecule has 0 aliphatic heterocycles. The lowest BCUT2D eigenvalue weighted by Gasteiger charge is -2.04. The van der Waals surface area contributed by atoms with Gasteiger partial charge in [-0.3, -0.25) is 0 Å². The number of phenolic OH excluding ortho intramolecular Hbond substituents is 1. The van der Waals surface area contributed by atoms with Gasteiger partial charge in [0.25, 0.3) is 0 Å². The fourth-order valence-corrected chi connectivity index (χ4v) is 1.67. The van der Waals surface area contributed by atoms with Gasteiger partial charge in [-0.2, -0.15) is 0 Å². The fraction of sp³-hybridized carbons (Fsp3) is 0.273. The number of nitrogens with zero attached hydrogens (tertiary/aromatic N) is 1. The van der Waals surface area contributed by atoms with Gasteiger partial charge in [-0.1, -0.05) is 6.07 Å². The minimum absolute atomic E-state index is 0.110. The molecule has 0 saturated heterocycles. The summed E-state index contributed by atoms with van der Waals surface area (Å²) in [7, 11) is 0. The third-order valence-electron chi connectivity index (χ3n) is 2.47. The number of phenols is 1. The average Bonchev–Trinajstić information content (AvgIpc) is 2.57. The van der Waals surface area contributed by atoms with Gasteiger partial charge in [0.2, 0.25) is 0 Å². The van der Waals surface area contributed by atoms with E-state index < -0.39 is 0 Å². The Bertz CT molecular complexity index is 460. The molecule has 74 valence electrons. The van der Waals surface area contributed by atoms with E-state index in [1.165, 1.54) is 0 Å². The van der Waals surface area contributed by atoms with E-state index in [0.717, 1.165) is 16.5 Å². The van der Waals surface area contributed by atoms with Gasteiger partial charge < -0.3 is 14.8 Å². The van der Waals surface area contributed by atoms with Crippen molar-refractivity contribution < 1.29 is 10.2 Å². The van der Waals surface area contributed by atoms with Crippen LogP contribution in [0.3, 0.4) is 0 Å². The average molecular weight is 191 g/mol. The molecular weight excluding hydrogens is 178 g/mol. The monoisotopic (exact) mass is 191 g/mol. The molecule has 0 spiro atoms. The Morgan fingerprint density at radius 3 is 2.79 bits per heavy atom. The Balaban J connectivity index is 2.64. The molecule has 14 heavy (non-hydrogen) atoms. The van der Waals surface area contributed by atoms with Crippen LogP contribution < -0.4 is 0 Å². The maximum atomic E-state index is 9.76.